The van der Waals surface area contributed by atoms with E-state index in [0.717, 1.165) is 25.3 Å². The lowest BCUT2D eigenvalue weighted by atomic mass is 9.94. The highest BCUT2D eigenvalue weighted by molar-refractivity contribution is 5.80. The van der Waals surface area contributed by atoms with Gasteiger partial charge < -0.3 is 5.32 Å². The monoisotopic (exact) mass is 181 g/mol. The molecule has 1 saturated carbocycles. The number of hydrogen-bond donors (Lipinski definition) is 1. The lowest BCUT2D eigenvalue weighted by Gasteiger charge is -2.11. The largest absolute Gasteiger partial charge is 0.356 e. The minimum atomic E-state index is 0.304. The molecule has 0 aromatic carbocycles. The summed E-state index contributed by atoms with van der Waals surface area (Å²) < 4.78 is 0. The van der Waals surface area contributed by atoms with Crippen LogP contribution in [-0.2, 0) is 4.79 Å². The van der Waals surface area contributed by atoms with Gasteiger partial charge in [0.2, 0.25) is 5.91 Å². The van der Waals surface area contributed by atoms with Crippen LogP contribution < -0.4 is 5.32 Å². The van der Waals surface area contributed by atoms with E-state index in [0.29, 0.717) is 11.8 Å². The summed E-state index contributed by atoms with van der Waals surface area (Å²) in [5.74, 6) is 1.59. The van der Waals surface area contributed by atoms with Gasteiger partial charge in [0.05, 0.1) is 0 Å². The van der Waals surface area contributed by atoms with E-state index in [2.05, 4.69) is 5.32 Å². The minimum Gasteiger partial charge on any atom is -0.356 e. The quantitative estimate of drug-likeness (QED) is 0.709. The Morgan fingerprint density at radius 2 is 1.92 bits per heavy atom. The van der Waals surface area contributed by atoms with Crippen LogP contribution in [0.5, 0.6) is 0 Å². The van der Waals surface area contributed by atoms with Crippen molar-refractivity contribution in [2.75, 3.05) is 6.54 Å². The summed E-state index contributed by atoms with van der Waals surface area (Å²) in [4.78, 5) is 11.3. The summed E-state index contributed by atoms with van der Waals surface area (Å²) in [5.41, 5.74) is 0. The van der Waals surface area contributed by atoms with E-state index in [1.807, 2.05) is 0 Å². The summed E-state index contributed by atoms with van der Waals surface area (Å²) in [7, 11) is 0. The third-order valence-electron chi connectivity index (χ3n) is 3.56. The van der Waals surface area contributed by atoms with Gasteiger partial charge in [-0.25, -0.2) is 0 Å². The van der Waals surface area contributed by atoms with Crippen LogP contribution in [0.25, 0.3) is 0 Å². The van der Waals surface area contributed by atoms with Crippen LogP contribution in [0.4, 0.5) is 0 Å². The lowest BCUT2D eigenvalue weighted by molar-refractivity contribution is -0.122. The van der Waals surface area contributed by atoms with Gasteiger partial charge >= 0.3 is 0 Å². The molecule has 0 bridgehead atoms. The predicted molar refractivity (Wildman–Crippen MR) is 52.3 cm³/mol. The van der Waals surface area contributed by atoms with Gasteiger partial charge in [-0.3, -0.25) is 4.79 Å². The molecule has 2 heteroatoms. The molecule has 0 radical (unpaired) electrons. The maximum atomic E-state index is 11.3. The van der Waals surface area contributed by atoms with E-state index >= 15 is 0 Å². The first-order valence-corrected chi connectivity index (χ1v) is 5.64. The zero-order valence-corrected chi connectivity index (χ0v) is 8.22. The Kier molecular flexibility index (Phi) is 2.87. The van der Waals surface area contributed by atoms with E-state index in [1.165, 1.54) is 32.1 Å². The number of hydrogen-bond acceptors (Lipinski definition) is 1. The van der Waals surface area contributed by atoms with Gasteiger partial charge in [-0.2, -0.15) is 0 Å². The molecule has 0 aromatic heterocycles. The Bertz CT molecular complexity index is 185. The zero-order valence-electron chi connectivity index (χ0n) is 8.22. The van der Waals surface area contributed by atoms with Crippen LogP contribution >= 0.6 is 0 Å². The van der Waals surface area contributed by atoms with Gasteiger partial charge in [0, 0.05) is 12.5 Å². The molecular formula is C11H19NO. The van der Waals surface area contributed by atoms with E-state index in [9.17, 15) is 4.79 Å². The lowest BCUT2D eigenvalue weighted by Crippen LogP contribution is -2.19. The molecule has 0 spiro atoms. The van der Waals surface area contributed by atoms with Crippen LogP contribution in [-0.4, -0.2) is 12.5 Å². The van der Waals surface area contributed by atoms with Gasteiger partial charge in [0.1, 0.15) is 0 Å². The van der Waals surface area contributed by atoms with Crippen LogP contribution in [0.1, 0.15) is 44.9 Å². The van der Waals surface area contributed by atoms with Crippen LogP contribution in [0.3, 0.4) is 0 Å². The Balaban J connectivity index is 1.69. The van der Waals surface area contributed by atoms with E-state index < -0.39 is 0 Å². The molecule has 1 heterocycles. The smallest absolute Gasteiger partial charge is 0.223 e. The van der Waals surface area contributed by atoms with Crippen molar-refractivity contribution < 1.29 is 4.79 Å². The van der Waals surface area contributed by atoms with Gasteiger partial charge in [0.15, 0.2) is 0 Å². The summed E-state index contributed by atoms with van der Waals surface area (Å²) in [6.07, 6.45) is 9.16. The van der Waals surface area contributed by atoms with Crippen molar-refractivity contribution in [1.82, 2.24) is 5.32 Å². The van der Waals surface area contributed by atoms with Crippen molar-refractivity contribution in [2.45, 2.75) is 44.9 Å². The number of carbonyl (C=O) groups is 1. The molecule has 0 aromatic rings. The Morgan fingerprint density at radius 1 is 1.15 bits per heavy atom. The fraction of sp³-hybridized carbons (Fsp3) is 0.909. The molecule has 2 fully saturated rings. The SMILES string of the molecule is O=C1NCCC1CCC1CCCC1. The van der Waals surface area contributed by atoms with Crippen LogP contribution in [0, 0.1) is 11.8 Å². The first kappa shape index (κ1) is 9.04. The molecule has 2 nitrogen and oxygen atoms in total. The number of carbonyl (C=O) groups excluding carboxylic acids is 1. The van der Waals surface area contributed by atoms with Crippen LogP contribution in [0.15, 0.2) is 0 Å². The molecular weight excluding hydrogens is 162 g/mol. The molecule has 1 aliphatic heterocycles. The first-order chi connectivity index (χ1) is 6.36. The highest BCUT2D eigenvalue weighted by Gasteiger charge is 2.25. The van der Waals surface area contributed by atoms with E-state index in [4.69, 9.17) is 0 Å². The number of rotatable bonds is 3. The molecule has 13 heavy (non-hydrogen) atoms. The highest BCUT2D eigenvalue weighted by Crippen LogP contribution is 2.30. The second kappa shape index (κ2) is 4.12. The topological polar surface area (TPSA) is 29.1 Å². The summed E-state index contributed by atoms with van der Waals surface area (Å²) in [5, 5.41) is 2.91. The fourth-order valence-electron chi connectivity index (χ4n) is 2.66. The third kappa shape index (κ3) is 2.23. The minimum absolute atomic E-state index is 0.304. The summed E-state index contributed by atoms with van der Waals surface area (Å²) in [6, 6.07) is 0. The van der Waals surface area contributed by atoms with Gasteiger partial charge in [-0.15, -0.1) is 0 Å². The average molecular weight is 181 g/mol. The first-order valence-electron chi connectivity index (χ1n) is 5.64. The zero-order chi connectivity index (χ0) is 9.10. The van der Waals surface area contributed by atoms with Gasteiger partial charge in [0.25, 0.3) is 0 Å². The molecule has 74 valence electrons. The number of amides is 1. The summed E-state index contributed by atoms with van der Waals surface area (Å²) in [6.45, 7) is 0.911. The number of nitrogens with one attached hydrogen (secondary N) is 1. The normalized spacial score (nSPS) is 29.5. The maximum absolute atomic E-state index is 11.3. The van der Waals surface area contributed by atoms with Gasteiger partial charge in [-0.1, -0.05) is 25.7 Å². The fourth-order valence-corrected chi connectivity index (χ4v) is 2.66. The second-order valence-electron chi connectivity index (χ2n) is 4.50. The Hall–Kier alpha value is -0.530. The summed E-state index contributed by atoms with van der Waals surface area (Å²) >= 11 is 0. The highest BCUT2D eigenvalue weighted by atomic mass is 16.2. The van der Waals surface area contributed by atoms with Crippen molar-refractivity contribution in [3.8, 4) is 0 Å². The molecule has 1 aliphatic carbocycles. The predicted octanol–water partition coefficient (Wildman–Crippen LogP) is 2.09. The van der Waals surface area contributed by atoms with Crippen molar-refractivity contribution >= 4 is 5.91 Å². The second-order valence-corrected chi connectivity index (χ2v) is 4.50. The third-order valence-corrected chi connectivity index (χ3v) is 3.56. The Morgan fingerprint density at radius 3 is 2.54 bits per heavy atom. The van der Waals surface area contributed by atoms with Gasteiger partial charge in [-0.05, 0) is 25.2 Å². The molecule has 1 saturated heterocycles. The van der Waals surface area contributed by atoms with Crippen molar-refractivity contribution in [2.24, 2.45) is 11.8 Å². The molecule has 1 atom stereocenters. The van der Waals surface area contributed by atoms with Crippen molar-refractivity contribution in [3.05, 3.63) is 0 Å². The average Bonchev–Trinajstić information content (AvgIpc) is 2.72. The Labute approximate surface area is 80.1 Å². The molecule has 2 aliphatic rings. The van der Waals surface area contributed by atoms with Crippen molar-refractivity contribution in [1.29, 1.82) is 0 Å². The molecule has 1 N–H and O–H groups in total. The standard InChI is InChI=1S/C11H19NO/c13-11-10(7-8-12-11)6-5-9-3-1-2-4-9/h9-10H,1-8H2,(H,12,13). The van der Waals surface area contributed by atoms with E-state index in [1.54, 1.807) is 0 Å². The molecule has 2 rings (SSSR count). The van der Waals surface area contributed by atoms with Crippen LogP contribution in [0.2, 0.25) is 0 Å². The van der Waals surface area contributed by atoms with Crippen molar-refractivity contribution in [3.63, 3.8) is 0 Å². The van der Waals surface area contributed by atoms with E-state index in [-0.39, 0.29) is 0 Å². The maximum Gasteiger partial charge on any atom is 0.223 e. The molecule has 1 unspecified atom stereocenters. The molecule has 1 amide bonds.